The Labute approximate surface area is 192 Å². The molecule has 0 spiro atoms. The zero-order valence-electron chi connectivity index (χ0n) is 18.7. The van der Waals surface area contributed by atoms with Crippen LogP contribution in [0.1, 0.15) is 35.2 Å². The van der Waals surface area contributed by atoms with Crippen LogP contribution in [0, 0.1) is 12.7 Å². The van der Waals surface area contributed by atoms with Crippen LogP contribution in [0.5, 0.6) is 0 Å². The van der Waals surface area contributed by atoms with E-state index in [0.29, 0.717) is 36.5 Å². The fourth-order valence-corrected chi connectivity index (χ4v) is 4.02. The second-order valence-corrected chi connectivity index (χ2v) is 8.31. The van der Waals surface area contributed by atoms with Gasteiger partial charge in [-0.3, -0.25) is 4.79 Å². The lowest BCUT2D eigenvalue weighted by Gasteiger charge is -2.40. The number of hydrogen-bond donors (Lipinski definition) is 1. The molecule has 1 aliphatic heterocycles. The molecular formula is C23H24F7N3O. The van der Waals surface area contributed by atoms with Gasteiger partial charge in [0.2, 0.25) is 5.91 Å². The average molecular weight is 491 g/mol. The first-order valence-electron chi connectivity index (χ1n) is 10.5. The van der Waals surface area contributed by atoms with E-state index in [2.05, 4.69) is 5.32 Å². The van der Waals surface area contributed by atoms with Gasteiger partial charge in [-0.2, -0.15) is 26.3 Å². The predicted molar refractivity (Wildman–Crippen MR) is 113 cm³/mol. The molecule has 1 fully saturated rings. The molecule has 186 valence electrons. The van der Waals surface area contributed by atoms with Crippen molar-refractivity contribution in [1.82, 2.24) is 10.2 Å². The van der Waals surface area contributed by atoms with Crippen molar-refractivity contribution in [2.45, 2.75) is 38.3 Å². The van der Waals surface area contributed by atoms with E-state index in [9.17, 15) is 35.5 Å². The number of likely N-dealkylation sites (N-methyl/N-ethyl adjacent to an activating group) is 1. The van der Waals surface area contributed by atoms with Gasteiger partial charge in [0.15, 0.2) is 0 Å². The summed E-state index contributed by atoms with van der Waals surface area (Å²) in [7, 11) is 1.34. The Bertz CT molecular complexity index is 1020. The summed E-state index contributed by atoms with van der Waals surface area (Å²) in [6.45, 7) is 4.23. The van der Waals surface area contributed by atoms with Crippen LogP contribution in [0.2, 0.25) is 0 Å². The average Bonchev–Trinajstić information content (AvgIpc) is 2.76. The quantitative estimate of drug-likeness (QED) is 0.600. The third kappa shape index (κ3) is 5.45. The number of amides is 1. The molecule has 3 rings (SSSR count). The van der Waals surface area contributed by atoms with Gasteiger partial charge in [-0.25, -0.2) is 4.39 Å². The molecule has 1 saturated heterocycles. The number of nitrogens with one attached hydrogen (secondary N) is 1. The zero-order chi connectivity index (χ0) is 25.4. The lowest BCUT2D eigenvalue weighted by Crippen LogP contribution is -2.58. The van der Waals surface area contributed by atoms with E-state index in [1.165, 1.54) is 26.1 Å². The van der Waals surface area contributed by atoms with E-state index in [1.807, 2.05) is 0 Å². The second kappa shape index (κ2) is 9.44. The molecule has 0 saturated carbocycles. The molecular weight excluding hydrogens is 467 g/mol. The minimum atomic E-state index is -4.98. The van der Waals surface area contributed by atoms with Crippen molar-refractivity contribution in [3.63, 3.8) is 0 Å². The van der Waals surface area contributed by atoms with Crippen LogP contribution < -0.4 is 10.2 Å². The molecule has 1 N–H and O–H groups in total. The molecule has 0 aromatic heterocycles. The van der Waals surface area contributed by atoms with E-state index in [1.54, 1.807) is 17.9 Å². The highest BCUT2D eigenvalue weighted by Crippen LogP contribution is 2.38. The van der Waals surface area contributed by atoms with Gasteiger partial charge in [0, 0.05) is 32.4 Å². The number of carbonyl (C=O) groups is 1. The Morgan fingerprint density at radius 1 is 1.06 bits per heavy atom. The molecule has 11 heteroatoms. The summed E-state index contributed by atoms with van der Waals surface area (Å²) in [5.74, 6) is -0.926. The number of piperazine rings is 1. The van der Waals surface area contributed by atoms with Crippen LogP contribution in [-0.4, -0.2) is 43.5 Å². The molecule has 2 aromatic rings. The fourth-order valence-electron chi connectivity index (χ4n) is 4.02. The maximum Gasteiger partial charge on any atom is 0.416 e. The zero-order valence-corrected chi connectivity index (χ0v) is 18.7. The third-order valence-corrected chi connectivity index (χ3v) is 6.02. The second-order valence-electron chi connectivity index (χ2n) is 8.31. The molecule has 2 aromatic carbocycles. The van der Waals surface area contributed by atoms with Gasteiger partial charge in [0.1, 0.15) is 11.9 Å². The van der Waals surface area contributed by atoms with Gasteiger partial charge < -0.3 is 15.1 Å². The van der Waals surface area contributed by atoms with Crippen molar-refractivity contribution in [1.29, 1.82) is 0 Å². The normalized spacial score (nSPS) is 18.1. The van der Waals surface area contributed by atoms with Crippen LogP contribution in [0.3, 0.4) is 0 Å². The number of halogens is 7. The SMILES string of the molecule is Cc1cc(F)ccc1N1CCNCC1C(=O)N(C)[C@H](C)c1cc(C(F)(F)F)cc(C(F)(F)F)c1. The first-order valence-corrected chi connectivity index (χ1v) is 10.5. The highest BCUT2D eigenvalue weighted by Gasteiger charge is 2.39. The standard InChI is InChI=1S/C23H24F7N3O/c1-13-8-18(24)4-5-19(13)33-7-6-31-12-20(33)21(34)32(3)14(2)15-9-16(22(25,26)27)11-17(10-15)23(28,29)30/h4-5,8-11,14,20,31H,6-7,12H2,1-3H3/t14-,20?/m1/s1. The summed E-state index contributed by atoms with van der Waals surface area (Å²) in [6, 6.07) is 3.60. The monoisotopic (exact) mass is 491 g/mol. The number of rotatable bonds is 4. The van der Waals surface area contributed by atoms with Crippen molar-refractivity contribution in [3.8, 4) is 0 Å². The molecule has 2 atom stereocenters. The minimum absolute atomic E-state index is 0.0577. The number of carbonyl (C=O) groups excluding carboxylic acids is 1. The molecule has 0 bridgehead atoms. The number of aryl methyl sites for hydroxylation is 1. The summed E-state index contributed by atoms with van der Waals surface area (Å²) in [6.07, 6.45) is -9.97. The van der Waals surface area contributed by atoms with Crippen LogP contribution in [0.15, 0.2) is 36.4 Å². The summed E-state index contributed by atoms with van der Waals surface area (Å²) >= 11 is 0. The Kier molecular flexibility index (Phi) is 7.16. The molecule has 0 radical (unpaired) electrons. The van der Waals surface area contributed by atoms with Crippen molar-refractivity contribution in [2.24, 2.45) is 0 Å². The molecule has 1 aliphatic rings. The number of nitrogens with zero attached hydrogens (tertiary/aromatic N) is 2. The Morgan fingerprint density at radius 2 is 1.65 bits per heavy atom. The first kappa shape index (κ1) is 25.8. The highest BCUT2D eigenvalue weighted by molar-refractivity contribution is 5.86. The minimum Gasteiger partial charge on any atom is -0.357 e. The number of hydrogen-bond acceptors (Lipinski definition) is 3. The van der Waals surface area contributed by atoms with Gasteiger partial charge >= 0.3 is 12.4 Å². The summed E-state index contributed by atoms with van der Waals surface area (Å²) in [5.41, 5.74) is -1.93. The third-order valence-electron chi connectivity index (χ3n) is 6.02. The van der Waals surface area contributed by atoms with Crippen LogP contribution in [0.25, 0.3) is 0 Å². The largest absolute Gasteiger partial charge is 0.416 e. The van der Waals surface area contributed by atoms with Crippen molar-refractivity contribution >= 4 is 11.6 Å². The van der Waals surface area contributed by atoms with E-state index in [0.717, 1.165) is 4.90 Å². The summed E-state index contributed by atoms with van der Waals surface area (Å²) in [4.78, 5) is 16.3. The molecule has 34 heavy (non-hydrogen) atoms. The number of alkyl halides is 6. The van der Waals surface area contributed by atoms with Crippen LogP contribution >= 0.6 is 0 Å². The van der Waals surface area contributed by atoms with Crippen molar-refractivity contribution < 1.29 is 35.5 Å². The van der Waals surface area contributed by atoms with Crippen LogP contribution in [-0.2, 0) is 17.1 Å². The lowest BCUT2D eigenvalue weighted by atomic mass is 9.98. The highest BCUT2D eigenvalue weighted by atomic mass is 19.4. The fraction of sp³-hybridized carbons (Fsp3) is 0.435. The molecule has 0 aliphatic carbocycles. The van der Waals surface area contributed by atoms with Gasteiger partial charge in [-0.15, -0.1) is 0 Å². The van der Waals surface area contributed by atoms with E-state index >= 15 is 0 Å². The Hall–Kier alpha value is -2.82. The Morgan fingerprint density at radius 3 is 2.18 bits per heavy atom. The molecule has 1 heterocycles. The van der Waals surface area contributed by atoms with Gasteiger partial charge in [-0.05, 0) is 61.4 Å². The maximum atomic E-state index is 13.6. The molecule has 4 nitrogen and oxygen atoms in total. The lowest BCUT2D eigenvalue weighted by molar-refractivity contribution is -0.143. The van der Waals surface area contributed by atoms with Gasteiger partial charge in [-0.1, -0.05) is 0 Å². The van der Waals surface area contributed by atoms with E-state index < -0.39 is 47.3 Å². The summed E-state index contributed by atoms with van der Waals surface area (Å²) < 4.78 is 93.2. The van der Waals surface area contributed by atoms with Crippen molar-refractivity contribution in [2.75, 3.05) is 31.6 Å². The maximum absolute atomic E-state index is 13.6. The number of anilines is 1. The van der Waals surface area contributed by atoms with E-state index in [-0.39, 0.29) is 18.2 Å². The first-order chi connectivity index (χ1) is 15.7. The van der Waals surface area contributed by atoms with E-state index in [4.69, 9.17) is 0 Å². The molecule has 1 amide bonds. The summed E-state index contributed by atoms with van der Waals surface area (Å²) in [5, 5.41) is 3.08. The van der Waals surface area contributed by atoms with Crippen LogP contribution in [0.4, 0.5) is 36.4 Å². The smallest absolute Gasteiger partial charge is 0.357 e. The van der Waals surface area contributed by atoms with Gasteiger partial charge in [0.25, 0.3) is 0 Å². The molecule has 1 unspecified atom stereocenters. The van der Waals surface area contributed by atoms with Crippen molar-refractivity contribution in [3.05, 3.63) is 64.5 Å². The predicted octanol–water partition coefficient (Wildman–Crippen LogP) is 5.17. The van der Waals surface area contributed by atoms with Gasteiger partial charge in [0.05, 0.1) is 17.2 Å². The Balaban J connectivity index is 1.94. The topological polar surface area (TPSA) is 35.6 Å². The number of benzene rings is 2.